The van der Waals surface area contributed by atoms with Crippen molar-refractivity contribution in [1.82, 2.24) is 0 Å². The fraction of sp³-hybridized carbons (Fsp3) is 0.538. The SMILES string of the molecule is CC(=O)c1sc(N2CCCC(C)C2)c(C(N)=O)c1N. The van der Waals surface area contributed by atoms with Crippen molar-refractivity contribution in [1.29, 1.82) is 0 Å². The fourth-order valence-electron chi connectivity index (χ4n) is 2.53. The first-order valence-electron chi connectivity index (χ1n) is 6.39. The maximum Gasteiger partial charge on any atom is 0.253 e. The predicted octanol–water partition coefficient (Wildman–Crippen LogP) is 1.87. The maximum atomic E-state index is 11.6. The molecule has 19 heavy (non-hydrogen) atoms. The Bertz CT molecular complexity index is 524. The molecule has 1 aliphatic heterocycles. The van der Waals surface area contributed by atoms with Crippen LogP contribution < -0.4 is 16.4 Å². The van der Waals surface area contributed by atoms with Crippen molar-refractivity contribution in [2.45, 2.75) is 26.7 Å². The molecule has 0 spiro atoms. The van der Waals surface area contributed by atoms with Crippen LogP contribution in [0.1, 0.15) is 46.7 Å². The van der Waals surface area contributed by atoms with Crippen LogP contribution in [0.25, 0.3) is 0 Å². The van der Waals surface area contributed by atoms with Crippen LogP contribution in [0.4, 0.5) is 10.7 Å². The van der Waals surface area contributed by atoms with E-state index in [1.54, 1.807) is 0 Å². The molecule has 6 heteroatoms. The summed E-state index contributed by atoms with van der Waals surface area (Å²) in [5, 5.41) is 0.752. The third kappa shape index (κ3) is 2.58. The van der Waals surface area contributed by atoms with E-state index in [0.29, 0.717) is 16.4 Å². The lowest BCUT2D eigenvalue weighted by Crippen LogP contribution is -2.35. The molecule has 2 rings (SSSR count). The largest absolute Gasteiger partial charge is 0.397 e. The van der Waals surface area contributed by atoms with E-state index in [-0.39, 0.29) is 11.5 Å². The summed E-state index contributed by atoms with van der Waals surface area (Å²) in [5.74, 6) is -0.116. The topological polar surface area (TPSA) is 89.4 Å². The summed E-state index contributed by atoms with van der Waals surface area (Å²) in [4.78, 5) is 25.7. The molecule has 1 atom stereocenters. The first-order chi connectivity index (χ1) is 8.91. The van der Waals surface area contributed by atoms with Crippen molar-refractivity contribution in [2.24, 2.45) is 11.7 Å². The highest BCUT2D eigenvalue weighted by atomic mass is 32.1. The number of nitrogen functional groups attached to an aromatic ring is 1. The lowest BCUT2D eigenvalue weighted by Gasteiger charge is -2.32. The van der Waals surface area contributed by atoms with E-state index < -0.39 is 5.91 Å². The lowest BCUT2D eigenvalue weighted by molar-refractivity contribution is 0.100. The van der Waals surface area contributed by atoms with Gasteiger partial charge in [-0.2, -0.15) is 0 Å². The van der Waals surface area contributed by atoms with E-state index in [1.165, 1.54) is 24.7 Å². The Balaban J connectivity index is 2.46. The first-order valence-corrected chi connectivity index (χ1v) is 7.21. The minimum Gasteiger partial charge on any atom is -0.397 e. The quantitative estimate of drug-likeness (QED) is 0.828. The summed E-state index contributed by atoms with van der Waals surface area (Å²) < 4.78 is 0. The molecule has 0 aromatic carbocycles. The van der Waals surface area contributed by atoms with Gasteiger partial charge in [-0.3, -0.25) is 9.59 Å². The molecule has 1 saturated heterocycles. The number of amides is 1. The Morgan fingerprint density at radius 3 is 2.63 bits per heavy atom. The van der Waals surface area contributed by atoms with Gasteiger partial charge in [-0.25, -0.2) is 0 Å². The Kier molecular flexibility index (Phi) is 3.80. The maximum absolute atomic E-state index is 11.6. The molecule has 104 valence electrons. The van der Waals surface area contributed by atoms with Gasteiger partial charge in [-0.1, -0.05) is 6.92 Å². The molecule has 1 aliphatic rings. The molecule has 4 N–H and O–H groups in total. The van der Waals surface area contributed by atoms with E-state index in [1.807, 2.05) is 0 Å². The minimum atomic E-state index is -0.561. The van der Waals surface area contributed by atoms with Crippen LogP contribution in [0.3, 0.4) is 0 Å². The number of primary amides is 1. The van der Waals surface area contributed by atoms with Crippen molar-refractivity contribution in [3.05, 3.63) is 10.4 Å². The summed E-state index contributed by atoms with van der Waals surface area (Å²) in [6.45, 7) is 5.38. The Morgan fingerprint density at radius 1 is 1.42 bits per heavy atom. The number of hydrogen-bond donors (Lipinski definition) is 2. The van der Waals surface area contributed by atoms with Gasteiger partial charge in [-0.15, -0.1) is 11.3 Å². The number of piperidine rings is 1. The first kappa shape index (κ1) is 13.9. The number of nitrogens with zero attached hydrogens (tertiary/aromatic N) is 1. The van der Waals surface area contributed by atoms with Gasteiger partial charge in [0.1, 0.15) is 5.00 Å². The molecule has 1 unspecified atom stereocenters. The second-order valence-electron chi connectivity index (χ2n) is 5.14. The molecule has 0 radical (unpaired) electrons. The molecule has 0 saturated carbocycles. The third-order valence-corrected chi connectivity index (χ3v) is 4.80. The van der Waals surface area contributed by atoms with Gasteiger partial charge in [0.25, 0.3) is 5.91 Å². The number of carbonyl (C=O) groups excluding carboxylic acids is 2. The average molecular weight is 281 g/mol. The average Bonchev–Trinajstić information content (AvgIpc) is 2.67. The molecular weight excluding hydrogens is 262 g/mol. The molecule has 1 aromatic rings. The monoisotopic (exact) mass is 281 g/mol. The zero-order valence-corrected chi connectivity index (χ0v) is 12.0. The summed E-state index contributed by atoms with van der Waals surface area (Å²) >= 11 is 1.28. The fourth-order valence-corrected chi connectivity index (χ4v) is 3.68. The van der Waals surface area contributed by atoms with Gasteiger partial charge in [0.15, 0.2) is 5.78 Å². The number of rotatable bonds is 3. The lowest BCUT2D eigenvalue weighted by atomic mass is 10.0. The predicted molar refractivity (Wildman–Crippen MR) is 77.9 cm³/mol. The van der Waals surface area contributed by atoms with Crippen molar-refractivity contribution in [3.63, 3.8) is 0 Å². The molecule has 5 nitrogen and oxygen atoms in total. The van der Waals surface area contributed by atoms with Crippen molar-refractivity contribution < 1.29 is 9.59 Å². The van der Waals surface area contributed by atoms with E-state index in [4.69, 9.17) is 11.5 Å². The summed E-state index contributed by atoms with van der Waals surface area (Å²) in [5.41, 5.74) is 11.9. The highest BCUT2D eigenvalue weighted by Gasteiger charge is 2.27. The molecule has 2 heterocycles. The molecule has 1 aromatic heterocycles. The van der Waals surface area contributed by atoms with Crippen LogP contribution in [0.15, 0.2) is 0 Å². The van der Waals surface area contributed by atoms with Crippen LogP contribution >= 0.6 is 11.3 Å². The number of nitrogens with two attached hydrogens (primary N) is 2. The Labute approximate surface area is 116 Å². The third-order valence-electron chi connectivity index (χ3n) is 3.44. The Hall–Kier alpha value is -1.56. The van der Waals surface area contributed by atoms with E-state index >= 15 is 0 Å². The molecule has 0 aliphatic carbocycles. The minimum absolute atomic E-state index is 0.124. The molecule has 1 amide bonds. The summed E-state index contributed by atoms with van der Waals surface area (Å²) in [6, 6.07) is 0. The van der Waals surface area contributed by atoms with Gasteiger partial charge in [0.05, 0.1) is 16.1 Å². The zero-order valence-electron chi connectivity index (χ0n) is 11.2. The van der Waals surface area contributed by atoms with Gasteiger partial charge >= 0.3 is 0 Å². The van der Waals surface area contributed by atoms with Crippen LogP contribution in [-0.2, 0) is 0 Å². The molecular formula is C13H19N3O2S. The normalized spacial score (nSPS) is 19.5. The van der Waals surface area contributed by atoms with Crippen LogP contribution in [0, 0.1) is 5.92 Å². The van der Waals surface area contributed by atoms with Crippen LogP contribution in [0.2, 0.25) is 0 Å². The van der Waals surface area contributed by atoms with E-state index in [2.05, 4.69) is 11.8 Å². The van der Waals surface area contributed by atoms with Crippen molar-refractivity contribution in [2.75, 3.05) is 23.7 Å². The molecule has 1 fully saturated rings. The number of hydrogen-bond acceptors (Lipinski definition) is 5. The molecule has 0 bridgehead atoms. The van der Waals surface area contributed by atoms with Gasteiger partial charge in [0, 0.05) is 20.0 Å². The van der Waals surface area contributed by atoms with Gasteiger partial charge in [-0.05, 0) is 18.8 Å². The number of carbonyl (C=O) groups is 2. The van der Waals surface area contributed by atoms with Crippen molar-refractivity contribution in [3.8, 4) is 0 Å². The van der Waals surface area contributed by atoms with Gasteiger partial charge in [0.2, 0.25) is 0 Å². The highest BCUT2D eigenvalue weighted by Crippen LogP contribution is 2.39. The van der Waals surface area contributed by atoms with Crippen LogP contribution in [-0.4, -0.2) is 24.8 Å². The highest BCUT2D eigenvalue weighted by molar-refractivity contribution is 7.19. The number of thiophene rings is 1. The van der Waals surface area contributed by atoms with E-state index in [0.717, 1.165) is 24.5 Å². The second kappa shape index (κ2) is 5.21. The summed E-state index contributed by atoms with van der Waals surface area (Å²) in [6.07, 6.45) is 2.26. The second-order valence-corrected chi connectivity index (χ2v) is 6.14. The number of ketones is 1. The summed E-state index contributed by atoms with van der Waals surface area (Å²) in [7, 11) is 0. The number of anilines is 2. The van der Waals surface area contributed by atoms with E-state index in [9.17, 15) is 9.59 Å². The zero-order chi connectivity index (χ0) is 14.2. The van der Waals surface area contributed by atoms with Crippen molar-refractivity contribution >= 4 is 33.7 Å². The smallest absolute Gasteiger partial charge is 0.253 e. The van der Waals surface area contributed by atoms with Gasteiger partial charge < -0.3 is 16.4 Å². The number of Topliss-reactive ketones (excluding diaryl/α,β-unsaturated/α-hetero) is 1. The Morgan fingerprint density at radius 2 is 2.11 bits per heavy atom. The van der Waals surface area contributed by atoms with Crippen LogP contribution in [0.5, 0.6) is 0 Å². The standard InChI is InChI=1S/C13H19N3O2S/c1-7-4-3-5-16(6-7)13-9(12(15)18)10(14)11(19-13)8(2)17/h7H,3-6,14H2,1-2H3,(H2,15,18).